The quantitative estimate of drug-likeness (QED) is 0.287. The Morgan fingerprint density at radius 3 is 2.60 bits per heavy atom. The fraction of sp³-hybridized carbons (Fsp3) is 0.500. The molecular weight excluding hydrogens is 82.1 g/mol. The maximum absolute atomic E-state index is 4.91. The van der Waals surface area contributed by atoms with Crippen LogP contribution in [0.2, 0.25) is 0 Å². The van der Waals surface area contributed by atoms with Crippen LogP contribution in [0.1, 0.15) is 0 Å². The van der Waals surface area contributed by atoms with Gasteiger partial charge in [-0.05, 0) is 0 Å². The second-order valence-electron chi connectivity index (χ2n) is 0.691. The lowest BCUT2D eigenvalue weighted by Crippen LogP contribution is -2.31. The molecule has 0 heterocycles. The zero-order valence-corrected chi connectivity index (χ0v) is 5.27. The van der Waals surface area contributed by atoms with E-state index >= 15 is 0 Å². The van der Waals surface area contributed by atoms with Crippen molar-refractivity contribution in [2.24, 2.45) is 0 Å². The molecule has 0 saturated heterocycles. The first-order valence-corrected chi connectivity index (χ1v) is 2.26. The molecule has 0 atom stereocenters. The fourth-order valence-corrected chi connectivity index (χ4v) is 0.289. The van der Waals surface area contributed by atoms with Crippen molar-refractivity contribution in [3.05, 3.63) is 0 Å². The zero-order valence-electron chi connectivity index (χ0n) is 3.27. The lowest BCUT2D eigenvalue weighted by molar-refractivity contribution is -0.109. The summed E-state index contributed by atoms with van der Waals surface area (Å²) in [6, 6.07) is 0. The van der Waals surface area contributed by atoms with Gasteiger partial charge in [-0.3, -0.25) is 5.41 Å². The summed E-state index contributed by atoms with van der Waals surface area (Å²) in [6.45, 7) is 0.603. The summed E-state index contributed by atoms with van der Waals surface area (Å²) in [4.78, 5) is 0. The summed E-state index contributed by atoms with van der Waals surface area (Å²) in [5.41, 5.74) is 0. The van der Waals surface area contributed by atoms with Crippen molar-refractivity contribution in [1.82, 2.24) is 0 Å². The third-order valence-electron chi connectivity index (χ3n) is 0.263. The highest BCUT2D eigenvalue weighted by molar-refractivity contribution is 5.98. The summed E-state index contributed by atoms with van der Waals surface area (Å²) in [5.74, 6) is 0. The lowest BCUT2D eigenvalue weighted by Gasteiger charge is -1.75. The van der Waals surface area contributed by atoms with Crippen LogP contribution in [-0.2, 0) is 4.43 Å². The van der Waals surface area contributed by atoms with Crippen LogP contribution < -0.4 is 5.41 Å². The Morgan fingerprint density at radius 2 is 2.60 bits per heavy atom. The molecule has 0 aromatic rings. The van der Waals surface area contributed by atoms with Gasteiger partial charge in [0, 0.05) is 0 Å². The molecule has 0 amide bonds. The minimum atomic E-state index is 0.603. The molecule has 0 aliphatic heterocycles. The van der Waals surface area contributed by atoms with Crippen LogP contribution in [0.3, 0.4) is 0 Å². The number of nitrogens with two attached hydrogens (primary N) is 1. The Hall–Kier alpha value is -0.153. The Labute approximate surface area is 34.2 Å². The third-order valence-corrected chi connectivity index (χ3v) is 0.596. The molecule has 30 valence electrons. The van der Waals surface area contributed by atoms with Crippen molar-refractivity contribution in [1.29, 1.82) is 0 Å². The van der Waals surface area contributed by atoms with Gasteiger partial charge in [-0.1, -0.05) is 0 Å². The van der Waals surface area contributed by atoms with Crippen molar-refractivity contribution in [2.75, 3.05) is 6.61 Å². The topological polar surface area (TPSA) is 34.8 Å². The molecule has 0 fully saturated rings. The van der Waals surface area contributed by atoms with Crippen LogP contribution in [-0.4, -0.2) is 23.3 Å². The van der Waals surface area contributed by atoms with Gasteiger partial charge in [-0.2, -0.15) is 0 Å². The molecule has 5 heavy (non-hydrogen) atoms. The van der Waals surface area contributed by atoms with E-state index in [0.29, 0.717) is 6.61 Å². The van der Waals surface area contributed by atoms with Crippen LogP contribution in [0.5, 0.6) is 0 Å². The molecule has 0 radical (unpaired) electrons. The van der Waals surface area contributed by atoms with E-state index in [2.05, 4.69) is 4.43 Å². The van der Waals surface area contributed by atoms with E-state index in [1.165, 1.54) is 6.21 Å². The molecule has 0 bridgehead atoms. The average Bonchev–Trinajstić information content (AvgIpc) is 1.41. The highest BCUT2D eigenvalue weighted by atomic mass is 28.2. The monoisotopic (exact) mass is 90.0 g/mol. The first-order valence-electron chi connectivity index (χ1n) is 1.44. The number of hydrogen-bond acceptors (Lipinski definition) is 1. The molecule has 0 spiro atoms. The van der Waals surface area contributed by atoms with Crippen LogP contribution in [0.4, 0.5) is 0 Å². The standard InChI is InChI=1S/C2H7NOSi/c3-1-2-4-5/h1,3H,2H2,5H3/p+1. The van der Waals surface area contributed by atoms with E-state index in [0.717, 1.165) is 10.5 Å². The van der Waals surface area contributed by atoms with Gasteiger partial charge >= 0.3 is 0 Å². The van der Waals surface area contributed by atoms with Gasteiger partial charge in [0.2, 0.25) is 0 Å². The maximum Gasteiger partial charge on any atom is 0.161 e. The second-order valence-corrected chi connectivity index (χ2v) is 1.27. The van der Waals surface area contributed by atoms with Crippen molar-refractivity contribution in [2.45, 2.75) is 0 Å². The van der Waals surface area contributed by atoms with Gasteiger partial charge in [0.25, 0.3) is 0 Å². The van der Waals surface area contributed by atoms with Crippen molar-refractivity contribution in [3.63, 3.8) is 0 Å². The Bertz CT molecular complexity index is 30.8. The van der Waals surface area contributed by atoms with Crippen molar-refractivity contribution < 1.29 is 9.84 Å². The number of rotatable bonds is 2. The normalized spacial score (nSPS) is 8.00. The molecule has 0 saturated carbocycles. The predicted octanol–water partition coefficient (Wildman–Crippen LogP) is -2.89. The molecule has 0 unspecified atom stereocenters. The van der Waals surface area contributed by atoms with Crippen LogP contribution in [0, 0.1) is 0 Å². The smallest absolute Gasteiger partial charge is 0.161 e. The van der Waals surface area contributed by atoms with Gasteiger partial charge in [0.1, 0.15) is 17.1 Å². The van der Waals surface area contributed by atoms with E-state index in [1.807, 2.05) is 0 Å². The first kappa shape index (κ1) is 4.85. The Morgan fingerprint density at radius 1 is 2.00 bits per heavy atom. The summed E-state index contributed by atoms with van der Waals surface area (Å²) in [5, 5.41) is 4.91. The molecule has 0 aliphatic carbocycles. The average molecular weight is 90.2 g/mol. The van der Waals surface area contributed by atoms with Crippen LogP contribution in [0.15, 0.2) is 0 Å². The largest absolute Gasteiger partial charge is 0.418 e. The van der Waals surface area contributed by atoms with Gasteiger partial charge in [-0.15, -0.1) is 0 Å². The zero-order chi connectivity index (χ0) is 4.12. The lowest BCUT2D eigenvalue weighted by atomic mass is 10.8. The maximum atomic E-state index is 4.91. The van der Waals surface area contributed by atoms with Gasteiger partial charge in [-0.25, -0.2) is 0 Å². The molecule has 0 rings (SSSR count). The minimum Gasteiger partial charge on any atom is -0.418 e. The van der Waals surface area contributed by atoms with Crippen molar-refractivity contribution >= 4 is 16.7 Å². The molecule has 0 aromatic heterocycles. The van der Waals surface area contributed by atoms with Crippen LogP contribution in [0.25, 0.3) is 0 Å². The summed E-state index contributed by atoms with van der Waals surface area (Å²) < 4.78 is 4.65. The first-order chi connectivity index (χ1) is 2.41. The Kier molecular flexibility index (Phi) is 3.73. The molecule has 2 N–H and O–H groups in total. The highest BCUT2D eigenvalue weighted by Crippen LogP contribution is 1.45. The van der Waals surface area contributed by atoms with E-state index in [-0.39, 0.29) is 0 Å². The molecule has 0 aliphatic rings. The molecule has 0 aromatic carbocycles. The summed E-state index contributed by atoms with van der Waals surface area (Å²) in [7, 11) is 0.787. The molecule has 2 nitrogen and oxygen atoms in total. The minimum absolute atomic E-state index is 0.603. The van der Waals surface area contributed by atoms with Gasteiger partial charge in [0.15, 0.2) is 6.21 Å². The van der Waals surface area contributed by atoms with Crippen molar-refractivity contribution in [3.8, 4) is 0 Å². The van der Waals surface area contributed by atoms with E-state index in [4.69, 9.17) is 5.41 Å². The van der Waals surface area contributed by atoms with E-state index < -0.39 is 0 Å². The predicted molar refractivity (Wildman–Crippen MR) is 23.9 cm³/mol. The molecular formula is C2H8NOSi+. The van der Waals surface area contributed by atoms with Gasteiger partial charge in [0.05, 0.1) is 0 Å². The van der Waals surface area contributed by atoms with E-state index in [9.17, 15) is 0 Å². The SMILES string of the molecule is [NH2+]=CCO[SiH3]. The summed E-state index contributed by atoms with van der Waals surface area (Å²) >= 11 is 0. The summed E-state index contributed by atoms with van der Waals surface area (Å²) in [6.07, 6.45) is 1.49. The second kappa shape index (κ2) is 3.85. The highest BCUT2D eigenvalue weighted by Gasteiger charge is 1.65. The third kappa shape index (κ3) is 3.85. The number of hydrogen-bond donors (Lipinski definition) is 1. The Balaban J connectivity index is 2.40. The molecule has 3 heteroatoms. The van der Waals surface area contributed by atoms with Crippen LogP contribution >= 0.6 is 0 Å². The fourth-order valence-electron chi connectivity index (χ4n) is 0.0962. The van der Waals surface area contributed by atoms with Gasteiger partial charge < -0.3 is 4.43 Å². The van der Waals surface area contributed by atoms with E-state index in [1.54, 1.807) is 0 Å².